The van der Waals surface area contributed by atoms with Gasteiger partial charge in [-0.05, 0) is 55.3 Å². The molecule has 0 atom stereocenters. The Morgan fingerprint density at radius 1 is 1.09 bits per heavy atom. The van der Waals surface area contributed by atoms with E-state index in [1.807, 2.05) is 37.3 Å². The topological polar surface area (TPSA) is 44.8 Å². The Morgan fingerprint density at radius 2 is 1.83 bits per heavy atom. The van der Waals surface area contributed by atoms with Crippen LogP contribution in [0.25, 0.3) is 0 Å². The standard InChI is InChI=1S/C18H19BrO4/c1-3-22-16-10-4-13(12-17(16)21-2)5-11-18(20)23-15-8-6-14(19)7-9-15/h4,6-10,12H,3,5,11H2,1-2H3. The molecular weight excluding hydrogens is 360 g/mol. The van der Waals surface area contributed by atoms with Gasteiger partial charge in [0.15, 0.2) is 11.5 Å². The lowest BCUT2D eigenvalue weighted by molar-refractivity contribution is -0.134. The maximum absolute atomic E-state index is 11.9. The third-order valence-electron chi connectivity index (χ3n) is 3.19. The summed E-state index contributed by atoms with van der Waals surface area (Å²) in [7, 11) is 1.60. The van der Waals surface area contributed by atoms with E-state index in [1.54, 1.807) is 19.2 Å². The summed E-state index contributed by atoms with van der Waals surface area (Å²) in [5.74, 6) is 1.66. The number of carbonyl (C=O) groups is 1. The summed E-state index contributed by atoms with van der Waals surface area (Å²) in [4.78, 5) is 11.9. The minimum Gasteiger partial charge on any atom is -0.493 e. The first-order chi connectivity index (χ1) is 11.1. The molecule has 0 aliphatic rings. The molecule has 0 saturated carbocycles. The first-order valence-electron chi connectivity index (χ1n) is 7.38. The number of hydrogen-bond acceptors (Lipinski definition) is 4. The third-order valence-corrected chi connectivity index (χ3v) is 3.72. The summed E-state index contributed by atoms with van der Waals surface area (Å²) in [5.41, 5.74) is 0.998. The highest BCUT2D eigenvalue weighted by atomic mass is 79.9. The van der Waals surface area contributed by atoms with Crippen molar-refractivity contribution in [3.8, 4) is 17.2 Å². The molecule has 0 aromatic heterocycles. The van der Waals surface area contributed by atoms with E-state index in [2.05, 4.69) is 15.9 Å². The molecule has 0 N–H and O–H groups in total. The molecule has 0 radical (unpaired) electrons. The van der Waals surface area contributed by atoms with Crippen molar-refractivity contribution in [2.24, 2.45) is 0 Å². The molecule has 23 heavy (non-hydrogen) atoms. The predicted octanol–water partition coefficient (Wildman–Crippen LogP) is 4.39. The number of rotatable bonds is 7. The smallest absolute Gasteiger partial charge is 0.311 e. The Bertz CT molecular complexity index is 653. The minimum atomic E-state index is -0.264. The van der Waals surface area contributed by atoms with Crippen molar-refractivity contribution in [3.63, 3.8) is 0 Å². The van der Waals surface area contributed by atoms with Crippen LogP contribution in [-0.2, 0) is 11.2 Å². The predicted molar refractivity (Wildman–Crippen MR) is 92.3 cm³/mol. The molecule has 0 bridgehead atoms. The summed E-state index contributed by atoms with van der Waals surface area (Å²) in [6.07, 6.45) is 0.880. The van der Waals surface area contributed by atoms with Gasteiger partial charge < -0.3 is 14.2 Å². The molecule has 4 nitrogen and oxygen atoms in total. The van der Waals surface area contributed by atoms with Crippen molar-refractivity contribution < 1.29 is 19.0 Å². The van der Waals surface area contributed by atoms with Gasteiger partial charge in [-0.3, -0.25) is 4.79 Å². The number of esters is 1. The molecule has 0 unspecified atom stereocenters. The highest BCUT2D eigenvalue weighted by molar-refractivity contribution is 9.10. The third kappa shape index (κ3) is 5.28. The van der Waals surface area contributed by atoms with Gasteiger partial charge in [0.25, 0.3) is 0 Å². The van der Waals surface area contributed by atoms with Crippen LogP contribution >= 0.6 is 15.9 Å². The fraction of sp³-hybridized carbons (Fsp3) is 0.278. The van der Waals surface area contributed by atoms with E-state index in [0.717, 1.165) is 10.0 Å². The second kappa shape index (κ2) is 8.58. The van der Waals surface area contributed by atoms with E-state index in [4.69, 9.17) is 14.2 Å². The maximum atomic E-state index is 11.9. The van der Waals surface area contributed by atoms with Gasteiger partial charge in [0.1, 0.15) is 5.75 Å². The van der Waals surface area contributed by atoms with Gasteiger partial charge in [0.2, 0.25) is 0 Å². The Kier molecular flexibility index (Phi) is 6.47. The van der Waals surface area contributed by atoms with Crippen LogP contribution in [0.1, 0.15) is 18.9 Å². The van der Waals surface area contributed by atoms with Gasteiger partial charge >= 0.3 is 5.97 Å². The van der Waals surface area contributed by atoms with Crippen molar-refractivity contribution in [1.82, 2.24) is 0 Å². The summed E-state index contributed by atoms with van der Waals surface area (Å²) in [6, 6.07) is 12.8. The van der Waals surface area contributed by atoms with Crippen LogP contribution in [0.15, 0.2) is 46.9 Å². The molecule has 0 spiro atoms. The minimum absolute atomic E-state index is 0.264. The molecule has 0 saturated heterocycles. The average Bonchev–Trinajstić information content (AvgIpc) is 2.56. The van der Waals surface area contributed by atoms with Crippen LogP contribution in [0, 0.1) is 0 Å². The number of benzene rings is 2. The Balaban J connectivity index is 1.92. The zero-order valence-corrected chi connectivity index (χ0v) is 14.8. The van der Waals surface area contributed by atoms with E-state index in [1.165, 1.54) is 0 Å². The van der Waals surface area contributed by atoms with Crippen LogP contribution in [0.2, 0.25) is 0 Å². The van der Waals surface area contributed by atoms with E-state index in [0.29, 0.717) is 36.7 Å². The van der Waals surface area contributed by atoms with E-state index in [-0.39, 0.29) is 5.97 Å². The van der Waals surface area contributed by atoms with Crippen LogP contribution in [0.4, 0.5) is 0 Å². The largest absolute Gasteiger partial charge is 0.493 e. The van der Waals surface area contributed by atoms with Crippen molar-refractivity contribution >= 4 is 21.9 Å². The summed E-state index contributed by atoms with van der Waals surface area (Å²) >= 11 is 3.34. The zero-order valence-electron chi connectivity index (χ0n) is 13.2. The fourth-order valence-electron chi connectivity index (χ4n) is 2.07. The van der Waals surface area contributed by atoms with Gasteiger partial charge in [-0.2, -0.15) is 0 Å². The van der Waals surface area contributed by atoms with E-state index >= 15 is 0 Å². The molecule has 5 heteroatoms. The number of aryl methyl sites for hydroxylation is 1. The molecule has 0 fully saturated rings. The van der Waals surface area contributed by atoms with Crippen LogP contribution in [0.3, 0.4) is 0 Å². The second-order valence-electron chi connectivity index (χ2n) is 4.85. The number of methoxy groups -OCH3 is 1. The Morgan fingerprint density at radius 3 is 2.48 bits per heavy atom. The molecular formula is C18H19BrO4. The highest BCUT2D eigenvalue weighted by Crippen LogP contribution is 2.28. The molecule has 0 amide bonds. The van der Waals surface area contributed by atoms with Gasteiger partial charge in [0.05, 0.1) is 13.7 Å². The zero-order chi connectivity index (χ0) is 16.7. The maximum Gasteiger partial charge on any atom is 0.311 e. The number of halogens is 1. The SMILES string of the molecule is CCOc1ccc(CCC(=O)Oc2ccc(Br)cc2)cc1OC. The van der Waals surface area contributed by atoms with Gasteiger partial charge in [0, 0.05) is 10.9 Å². The first kappa shape index (κ1) is 17.3. The lowest BCUT2D eigenvalue weighted by Gasteiger charge is -2.11. The molecule has 122 valence electrons. The van der Waals surface area contributed by atoms with Crippen molar-refractivity contribution in [1.29, 1.82) is 0 Å². The van der Waals surface area contributed by atoms with Gasteiger partial charge in [-0.25, -0.2) is 0 Å². The van der Waals surface area contributed by atoms with Crippen LogP contribution in [-0.4, -0.2) is 19.7 Å². The van der Waals surface area contributed by atoms with Crippen LogP contribution < -0.4 is 14.2 Å². The van der Waals surface area contributed by atoms with Gasteiger partial charge in [-0.1, -0.05) is 22.0 Å². The lowest BCUT2D eigenvalue weighted by atomic mass is 10.1. The lowest BCUT2D eigenvalue weighted by Crippen LogP contribution is -2.09. The fourth-order valence-corrected chi connectivity index (χ4v) is 2.34. The van der Waals surface area contributed by atoms with Gasteiger partial charge in [-0.15, -0.1) is 0 Å². The van der Waals surface area contributed by atoms with Crippen molar-refractivity contribution in [2.75, 3.05) is 13.7 Å². The quantitative estimate of drug-likeness (QED) is 0.529. The monoisotopic (exact) mass is 378 g/mol. The first-order valence-corrected chi connectivity index (χ1v) is 8.17. The Hall–Kier alpha value is -2.01. The number of hydrogen-bond donors (Lipinski definition) is 0. The van der Waals surface area contributed by atoms with E-state index in [9.17, 15) is 4.79 Å². The molecule has 2 rings (SSSR count). The summed E-state index contributed by atoms with van der Waals surface area (Å²) in [6.45, 7) is 2.50. The van der Waals surface area contributed by atoms with Crippen molar-refractivity contribution in [3.05, 3.63) is 52.5 Å². The van der Waals surface area contributed by atoms with E-state index < -0.39 is 0 Å². The summed E-state index contributed by atoms with van der Waals surface area (Å²) < 4.78 is 17.0. The number of ether oxygens (including phenoxy) is 3. The molecule has 0 aliphatic carbocycles. The summed E-state index contributed by atoms with van der Waals surface area (Å²) in [5, 5.41) is 0. The molecule has 2 aromatic carbocycles. The average molecular weight is 379 g/mol. The second-order valence-corrected chi connectivity index (χ2v) is 5.76. The molecule has 0 heterocycles. The highest BCUT2D eigenvalue weighted by Gasteiger charge is 2.09. The van der Waals surface area contributed by atoms with Crippen LogP contribution in [0.5, 0.6) is 17.2 Å². The molecule has 0 aliphatic heterocycles. The molecule has 2 aromatic rings. The number of carbonyl (C=O) groups excluding carboxylic acids is 1. The normalized spacial score (nSPS) is 10.2. The Labute approximate surface area is 144 Å². The van der Waals surface area contributed by atoms with Crippen molar-refractivity contribution in [2.45, 2.75) is 19.8 Å².